The van der Waals surface area contributed by atoms with Gasteiger partial charge in [-0.25, -0.2) is 4.98 Å². The summed E-state index contributed by atoms with van der Waals surface area (Å²) in [6.07, 6.45) is 6.45. The predicted octanol–water partition coefficient (Wildman–Crippen LogP) is 4.90. The van der Waals surface area contributed by atoms with Crippen molar-refractivity contribution in [3.63, 3.8) is 0 Å². The van der Waals surface area contributed by atoms with E-state index in [1.54, 1.807) is 24.3 Å². The highest BCUT2D eigenvalue weighted by Crippen LogP contribution is 2.38. The molecule has 1 aliphatic rings. The molecular weight excluding hydrogens is 350 g/mol. The summed E-state index contributed by atoms with van der Waals surface area (Å²) in [6, 6.07) is 7.05. The summed E-state index contributed by atoms with van der Waals surface area (Å²) in [6.45, 7) is 0. The van der Waals surface area contributed by atoms with Gasteiger partial charge in [0.25, 0.3) is 5.88 Å². The molecule has 1 heterocycles. The van der Waals surface area contributed by atoms with Crippen molar-refractivity contribution < 1.29 is 9.66 Å². The average Bonchev–Trinajstić information content (AvgIpc) is 2.58. The van der Waals surface area contributed by atoms with Gasteiger partial charge in [0.1, 0.15) is 12.4 Å². The zero-order chi connectivity index (χ0) is 16.9. The summed E-state index contributed by atoms with van der Waals surface area (Å²) in [7, 11) is 0. The number of nitro groups is 1. The molecule has 0 N–H and O–H groups in total. The van der Waals surface area contributed by atoms with E-state index in [0.29, 0.717) is 5.02 Å². The highest BCUT2D eigenvalue weighted by Gasteiger charge is 2.27. The molecule has 24 heavy (non-hydrogen) atoms. The lowest BCUT2D eigenvalue weighted by molar-refractivity contribution is -0.389. The van der Waals surface area contributed by atoms with Crippen molar-refractivity contribution in [3.8, 4) is 5.88 Å². The van der Waals surface area contributed by atoms with E-state index in [4.69, 9.17) is 16.3 Å². The van der Waals surface area contributed by atoms with E-state index >= 15 is 0 Å². The second kappa shape index (κ2) is 7.81. The molecule has 1 saturated carbocycles. The Morgan fingerprint density at radius 2 is 1.88 bits per heavy atom. The van der Waals surface area contributed by atoms with Gasteiger partial charge in [-0.2, -0.15) is 4.98 Å². The molecule has 3 rings (SSSR count). The van der Waals surface area contributed by atoms with Gasteiger partial charge in [-0.3, -0.25) is 10.1 Å². The van der Waals surface area contributed by atoms with Crippen LogP contribution in [-0.2, 0) is 0 Å². The fourth-order valence-corrected chi connectivity index (χ4v) is 3.60. The van der Waals surface area contributed by atoms with Gasteiger partial charge in [-0.15, -0.1) is 0 Å². The van der Waals surface area contributed by atoms with Gasteiger partial charge in [0, 0.05) is 9.92 Å². The van der Waals surface area contributed by atoms with Gasteiger partial charge >= 0.3 is 5.69 Å². The Kier molecular flexibility index (Phi) is 5.52. The number of hydrogen-bond donors (Lipinski definition) is 0. The summed E-state index contributed by atoms with van der Waals surface area (Å²) in [4.78, 5) is 19.9. The number of nitrogens with zero attached hydrogens (tertiary/aromatic N) is 3. The zero-order valence-corrected chi connectivity index (χ0v) is 14.4. The van der Waals surface area contributed by atoms with Crippen LogP contribution >= 0.6 is 23.4 Å². The highest BCUT2D eigenvalue weighted by molar-refractivity contribution is 7.99. The summed E-state index contributed by atoms with van der Waals surface area (Å²) < 4.78 is 5.82. The first kappa shape index (κ1) is 17.0. The van der Waals surface area contributed by atoms with Crippen molar-refractivity contribution in [1.29, 1.82) is 0 Å². The standard InChI is InChI=1S/C16H16ClN3O3S/c17-11-6-8-13(9-7-11)24-16-14(20(21)22)15(18-10-19-16)23-12-4-2-1-3-5-12/h6-10,12H,1-5H2. The molecule has 1 fully saturated rings. The lowest BCUT2D eigenvalue weighted by Crippen LogP contribution is -2.21. The minimum atomic E-state index is -0.476. The van der Waals surface area contributed by atoms with Gasteiger partial charge in [0.2, 0.25) is 0 Å². The first-order valence-corrected chi connectivity index (χ1v) is 8.92. The lowest BCUT2D eigenvalue weighted by atomic mass is 9.98. The van der Waals surface area contributed by atoms with E-state index in [2.05, 4.69) is 9.97 Å². The SMILES string of the molecule is O=[N+]([O-])c1c(OC2CCCCC2)ncnc1Sc1ccc(Cl)cc1. The number of rotatable bonds is 5. The van der Waals surface area contributed by atoms with Crippen LogP contribution in [0.4, 0.5) is 5.69 Å². The predicted molar refractivity (Wildman–Crippen MR) is 91.8 cm³/mol. The van der Waals surface area contributed by atoms with E-state index in [9.17, 15) is 10.1 Å². The van der Waals surface area contributed by atoms with Crippen LogP contribution in [0, 0.1) is 10.1 Å². The molecule has 1 aromatic heterocycles. The van der Waals surface area contributed by atoms with Gasteiger partial charge in [-0.05, 0) is 49.9 Å². The summed E-state index contributed by atoms with van der Waals surface area (Å²) in [5.41, 5.74) is -0.178. The first-order chi connectivity index (χ1) is 11.6. The zero-order valence-electron chi connectivity index (χ0n) is 12.9. The second-order valence-corrected chi connectivity index (χ2v) is 7.02. The number of hydrogen-bond acceptors (Lipinski definition) is 6. The molecule has 2 aromatic rings. The minimum Gasteiger partial charge on any atom is -0.469 e. The maximum atomic E-state index is 11.5. The molecule has 1 aliphatic carbocycles. The Balaban J connectivity index is 1.86. The van der Waals surface area contributed by atoms with E-state index < -0.39 is 4.92 Å². The number of ether oxygens (including phenoxy) is 1. The highest BCUT2D eigenvalue weighted by atomic mass is 35.5. The Labute approximate surface area is 148 Å². The average molecular weight is 366 g/mol. The van der Waals surface area contributed by atoms with Crippen LogP contribution in [0.5, 0.6) is 5.88 Å². The fourth-order valence-electron chi connectivity index (χ4n) is 2.62. The van der Waals surface area contributed by atoms with Crippen LogP contribution in [0.15, 0.2) is 40.5 Å². The van der Waals surface area contributed by atoms with Gasteiger partial charge < -0.3 is 4.74 Å². The molecule has 0 spiro atoms. The van der Waals surface area contributed by atoms with E-state index in [1.165, 1.54) is 24.5 Å². The van der Waals surface area contributed by atoms with Crippen LogP contribution in [0.2, 0.25) is 5.02 Å². The molecule has 126 valence electrons. The largest absolute Gasteiger partial charge is 0.469 e. The smallest absolute Gasteiger partial charge is 0.363 e. The third-order valence-electron chi connectivity index (χ3n) is 3.80. The third kappa shape index (κ3) is 4.15. The Bertz CT molecular complexity index is 721. The molecule has 0 aliphatic heterocycles. The Hall–Kier alpha value is -1.86. The normalized spacial score (nSPS) is 15.2. The van der Waals surface area contributed by atoms with Crippen molar-refractivity contribution in [2.24, 2.45) is 0 Å². The topological polar surface area (TPSA) is 78.2 Å². The number of aromatic nitrogens is 2. The summed E-state index contributed by atoms with van der Waals surface area (Å²) >= 11 is 7.06. The van der Waals surface area contributed by atoms with Crippen molar-refractivity contribution in [2.45, 2.75) is 48.1 Å². The monoisotopic (exact) mass is 365 g/mol. The molecule has 1 aromatic carbocycles. The van der Waals surface area contributed by atoms with Crippen molar-refractivity contribution in [2.75, 3.05) is 0 Å². The maximum Gasteiger partial charge on any atom is 0.363 e. The molecule has 0 radical (unpaired) electrons. The van der Waals surface area contributed by atoms with E-state index in [0.717, 1.165) is 30.6 Å². The maximum absolute atomic E-state index is 11.5. The molecule has 8 heteroatoms. The van der Waals surface area contributed by atoms with E-state index in [-0.39, 0.29) is 22.7 Å². The molecule has 6 nitrogen and oxygen atoms in total. The Morgan fingerprint density at radius 3 is 2.54 bits per heavy atom. The summed E-state index contributed by atoms with van der Waals surface area (Å²) in [5.74, 6) is 0.0540. The van der Waals surface area contributed by atoms with Gasteiger partial charge in [-0.1, -0.05) is 29.8 Å². The summed E-state index contributed by atoms with van der Waals surface area (Å²) in [5, 5.41) is 12.4. The second-order valence-electron chi connectivity index (χ2n) is 5.52. The van der Waals surface area contributed by atoms with Crippen molar-refractivity contribution in [3.05, 3.63) is 45.7 Å². The van der Waals surface area contributed by atoms with Gasteiger partial charge in [0.15, 0.2) is 5.03 Å². The number of halogens is 1. The number of benzene rings is 1. The molecule has 0 amide bonds. The molecule has 0 saturated heterocycles. The van der Waals surface area contributed by atoms with Crippen LogP contribution in [0.25, 0.3) is 0 Å². The minimum absolute atomic E-state index is 0.0132. The van der Waals surface area contributed by atoms with Gasteiger partial charge in [0.05, 0.1) is 4.92 Å². The lowest BCUT2D eigenvalue weighted by Gasteiger charge is -2.22. The van der Waals surface area contributed by atoms with Crippen molar-refractivity contribution >= 4 is 29.1 Å². The van der Waals surface area contributed by atoms with Crippen molar-refractivity contribution in [1.82, 2.24) is 9.97 Å². The van der Waals surface area contributed by atoms with Crippen LogP contribution < -0.4 is 4.74 Å². The molecule has 0 atom stereocenters. The molecular formula is C16H16ClN3O3S. The Morgan fingerprint density at radius 1 is 1.17 bits per heavy atom. The molecule has 0 bridgehead atoms. The third-order valence-corrected chi connectivity index (χ3v) is 5.05. The van der Waals surface area contributed by atoms with Crippen LogP contribution in [-0.4, -0.2) is 21.0 Å². The quantitative estimate of drug-likeness (QED) is 0.426. The fraction of sp³-hybridized carbons (Fsp3) is 0.375. The molecule has 0 unspecified atom stereocenters. The first-order valence-electron chi connectivity index (χ1n) is 7.73. The van der Waals surface area contributed by atoms with Crippen LogP contribution in [0.3, 0.4) is 0 Å². The van der Waals surface area contributed by atoms with E-state index in [1.807, 2.05) is 0 Å². The van der Waals surface area contributed by atoms with Crippen LogP contribution in [0.1, 0.15) is 32.1 Å².